The number of anilines is 1. The molecule has 2 aromatic carbocycles. The molecule has 0 amide bonds. The number of nitrogens with one attached hydrogen (secondary N) is 1. The summed E-state index contributed by atoms with van der Waals surface area (Å²) in [6.07, 6.45) is 5.96. The van der Waals surface area contributed by atoms with Crippen LogP contribution in [0, 0.1) is 5.92 Å². The molecule has 2 saturated heterocycles. The van der Waals surface area contributed by atoms with Gasteiger partial charge in [-0.2, -0.15) is 0 Å². The Hall–Kier alpha value is -3.59. The molecule has 218 valence electrons. The standard InChI is InChI=1S/C21H28N6O.C12H16O/c1-12-10-27(11-13(2)28-12)16-5-6-18-17(8-16)20-19(25-18)7-15(9-24-20)21(14(3)22)26(4)23;1-2-4-11(5-3-1)10-12-6-8-13-9-7-12/h5-9,12-13,25H,10-11,22-23H2,1-4H3;1-5,12H,6-10H2/b21-14-;. The molecule has 2 aliphatic rings. The van der Waals surface area contributed by atoms with Crippen molar-refractivity contribution in [1.82, 2.24) is 15.0 Å². The van der Waals surface area contributed by atoms with E-state index in [2.05, 4.69) is 78.3 Å². The van der Waals surface area contributed by atoms with E-state index in [1.807, 2.05) is 13.1 Å². The molecule has 2 atom stereocenters. The van der Waals surface area contributed by atoms with Crippen LogP contribution in [-0.4, -0.2) is 60.5 Å². The average Bonchev–Trinajstić information content (AvgIpc) is 3.31. The molecule has 4 aromatic rings. The molecule has 8 heteroatoms. The van der Waals surface area contributed by atoms with Crippen LogP contribution in [0.15, 0.2) is 66.5 Å². The van der Waals surface area contributed by atoms with Gasteiger partial charge < -0.3 is 30.1 Å². The molecule has 0 radical (unpaired) electrons. The van der Waals surface area contributed by atoms with Gasteiger partial charge in [-0.15, -0.1) is 0 Å². The number of ether oxygens (including phenoxy) is 2. The highest BCUT2D eigenvalue weighted by molar-refractivity contribution is 6.06. The first kappa shape index (κ1) is 28.9. The van der Waals surface area contributed by atoms with Crippen LogP contribution in [0.5, 0.6) is 0 Å². The van der Waals surface area contributed by atoms with Gasteiger partial charge in [-0.05, 0) is 75.8 Å². The van der Waals surface area contributed by atoms with Crippen LogP contribution in [0.3, 0.4) is 0 Å². The van der Waals surface area contributed by atoms with Crippen molar-refractivity contribution in [2.75, 3.05) is 38.3 Å². The molecular formula is C33H44N6O2. The van der Waals surface area contributed by atoms with Crippen LogP contribution in [0.2, 0.25) is 0 Å². The minimum absolute atomic E-state index is 0.223. The number of morpholine rings is 1. The van der Waals surface area contributed by atoms with E-state index in [-0.39, 0.29) is 12.2 Å². The number of rotatable bonds is 5. The number of allylic oxidation sites excluding steroid dienone is 1. The second-order valence-corrected chi connectivity index (χ2v) is 11.5. The fourth-order valence-corrected chi connectivity index (χ4v) is 6.08. The number of H-pyrrole nitrogens is 1. The predicted octanol–water partition coefficient (Wildman–Crippen LogP) is 5.44. The number of nitrogens with zero attached hydrogens (tertiary/aromatic N) is 3. The number of fused-ring (bicyclic) bond motifs is 3. The molecule has 0 saturated carbocycles. The third-order valence-electron chi connectivity index (χ3n) is 7.91. The summed E-state index contributed by atoms with van der Waals surface area (Å²) < 4.78 is 11.2. The lowest BCUT2D eigenvalue weighted by Crippen LogP contribution is -2.45. The van der Waals surface area contributed by atoms with Gasteiger partial charge in [0.05, 0.1) is 28.9 Å². The molecule has 5 N–H and O–H groups in total. The largest absolute Gasteiger partial charge is 0.401 e. The Balaban J connectivity index is 0.000000216. The van der Waals surface area contributed by atoms with E-state index in [1.54, 1.807) is 7.05 Å². The molecule has 2 aliphatic heterocycles. The third-order valence-corrected chi connectivity index (χ3v) is 7.91. The zero-order valence-electron chi connectivity index (χ0n) is 24.8. The first-order valence-electron chi connectivity index (χ1n) is 14.7. The molecular weight excluding hydrogens is 512 g/mol. The van der Waals surface area contributed by atoms with Gasteiger partial charge in [0, 0.05) is 67.4 Å². The van der Waals surface area contributed by atoms with Gasteiger partial charge in [0.1, 0.15) is 0 Å². The number of hydrogen-bond donors (Lipinski definition) is 3. The SMILES string of the molecule is C/C(N)=C(\c1cnc2c(c1)[nH]c1ccc(N3CC(C)OC(C)C3)cc12)N(C)N.c1ccc(CC2CCOCC2)cc1. The van der Waals surface area contributed by atoms with Gasteiger partial charge >= 0.3 is 0 Å². The molecule has 0 spiro atoms. The molecule has 4 heterocycles. The number of hydrazine groups is 1. The van der Waals surface area contributed by atoms with E-state index in [0.717, 1.165) is 65.4 Å². The third kappa shape index (κ3) is 7.01. The lowest BCUT2D eigenvalue weighted by atomic mass is 9.92. The number of pyridine rings is 1. The molecule has 6 rings (SSSR count). The zero-order chi connectivity index (χ0) is 28.9. The number of aromatic amines is 1. The smallest absolute Gasteiger partial charge is 0.0958 e. The summed E-state index contributed by atoms with van der Waals surface area (Å²) in [7, 11) is 1.78. The molecule has 2 aromatic heterocycles. The Labute approximate surface area is 243 Å². The normalized spacial score (nSPS) is 20.5. The molecule has 0 bridgehead atoms. The van der Waals surface area contributed by atoms with Crippen molar-refractivity contribution >= 4 is 33.3 Å². The summed E-state index contributed by atoms with van der Waals surface area (Å²) in [5, 5.41) is 2.64. The zero-order valence-corrected chi connectivity index (χ0v) is 24.8. The monoisotopic (exact) mass is 556 g/mol. The van der Waals surface area contributed by atoms with E-state index in [1.165, 1.54) is 35.5 Å². The van der Waals surface area contributed by atoms with E-state index in [0.29, 0.717) is 5.70 Å². The van der Waals surface area contributed by atoms with Gasteiger partial charge in [-0.25, -0.2) is 5.84 Å². The van der Waals surface area contributed by atoms with Crippen molar-refractivity contribution in [2.45, 2.75) is 52.2 Å². The van der Waals surface area contributed by atoms with E-state index >= 15 is 0 Å². The maximum absolute atomic E-state index is 6.02. The van der Waals surface area contributed by atoms with Gasteiger partial charge in [0.15, 0.2) is 0 Å². The summed E-state index contributed by atoms with van der Waals surface area (Å²) >= 11 is 0. The first-order chi connectivity index (χ1) is 19.8. The van der Waals surface area contributed by atoms with Crippen LogP contribution in [0.1, 0.15) is 44.7 Å². The van der Waals surface area contributed by atoms with Crippen LogP contribution in [-0.2, 0) is 15.9 Å². The quantitative estimate of drug-likeness (QED) is 0.222. The minimum Gasteiger partial charge on any atom is -0.401 e. The van der Waals surface area contributed by atoms with Gasteiger partial charge in [-0.3, -0.25) is 4.98 Å². The van der Waals surface area contributed by atoms with Crippen LogP contribution in [0.4, 0.5) is 5.69 Å². The lowest BCUT2D eigenvalue weighted by molar-refractivity contribution is -0.00521. The highest BCUT2D eigenvalue weighted by atomic mass is 16.5. The molecule has 8 nitrogen and oxygen atoms in total. The number of hydrogen-bond acceptors (Lipinski definition) is 7. The van der Waals surface area contributed by atoms with Crippen molar-refractivity contribution in [3.63, 3.8) is 0 Å². The number of benzene rings is 2. The van der Waals surface area contributed by atoms with Gasteiger partial charge in [0.25, 0.3) is 0 Å². The van der Waals surface area contributed by atoms with Crippen LogP contribution < -0.4 is 16.5 Å². The molecule has 2 unspecified atom stereocenters. The molecule has 41 heavy (non-hydrogen) atoms. The van der Waals surface area contributed by atoms with Gasteiger partial charge in [0.2, 0.25) is 0 Å². The second-order valence-electron chi connectivity index (χ2n) is 11.5. The number of aromatic nitrogens is 2. The van der Waals surface area contributed by atoms with Crippen molar-refractivity contribution in [1.29, 1.82) is 0 Å². The van der Waals surface area contributed by atoms with Crippen molar-refractivity contribution < 1.29 is 9.47 Å². The summed E-state index contributed by atoms with van der Waals surface area (Å²) in [5.41, 5.74) is 14.0. The van der Waals surface area contributed by atoms with Crippen molar-refractivity contribution in [3.05, 3.63) is 77.6 Å². The average molecular weight is 557 g/mol. The van der Waals surface area contributed by atoms with Gasteiger partial charge in [-0.1, -0.05) is 30.3 Å². The Bertz CT molecular complexity index is 1460. The highest BCUT2D eigenvalue weighted by Gasteiger charge is 2.23. The first-order valence-corrected chi connectivity index (χ1v) is 14.7. The summed E-state index contributed by atoms with van der Waals surface area (Å²) in [6.45, 7) is 9.77. The molecule has 2 fully saturated rings. The van der Waals surface area contributed by atoms with Crippen LogP contribution >= 0.6 is 0 Å². The maximum Gasteiger partial charge on any atom is 0.0958 e. The van der Waals surface area contributed by atoms with Crippen LogP contribution in [0.25, 0.3) is 27.6 Å². The Kier molecular flexibility index (Phi) is 9.12. The summed E-state index contributed by atoms with van der Waals surface area (Å²) in [6, 6.07) is 19.3. The fourth-order valence-electron chi connectivity index (χ4n) is 6.08. The fraction of sp³-hybridized carbons (Fsp3) is 0.424. The van der Waals surface area contributed by atoms with Crippen molar-refractivity contribution in [2.24, 2.45) is 17.5 Å². The van der Waals surface area contributed by atoms with E-state index in [9.17, 15) is 0 Å². The highest BCUT2D eigenvalue weighted by Crippen LogP contribution is 2.31. The summed E-state index contributed by atoms with van der Waals surface area (Å²) in [4.78, 5) is 10.6. The number of nitrogens with two attached hydrogens (primary N) is 2. The molecule has 0 aliphatic carbocycles. The Morgan fingerprint density at radius 3 is 2.39 bits per heavy atom. The minimum atomic E-state index is 0.223. The predicted molar refractivity (Wildman–Crippen MR) is 168 cm³/mol. The second kappa shape index (κ2) is 12.9. The van der Waals surface area contributed by atoms with E-state index < -0.39 is 0 Å². The van der Waals surface area contributed by atoms with Crippen molar-refractivity contribution in [3.8, 4) is 0 Å². The maximum atomic E-state index is 6.02. The summed E-state index contributed by atoms with van der Waals surface area (Å²) in [5.74, 6) is 6.80. The topological polar surface area (TPSA) is 106 Å². The lowest BCUT2D eigenvalue weighted by Gasteiger charge is -2.36. The Morgan fingerprint density at radius 1 is 1.02 bits per heavy atom. The van der Waals surface area contributed by atoms with E-state index in [4.69, 9.17) is 26.0 Å². The Morgan fingerprint density at radius 2 is 1.73 bits per heavy atom.